The highest BCUT2D eigenvalue weighted by Gasteiger charge is 2.37. The Kier molecular flexibility index (Phi) is 5.08. The number of hydrogen-bond acceptors (Lipinski definition) is 5. The number of amides is 2. The number of methoxy groups -OCH3 is 1. The number of anilines is 1. The van der Waals surface area contributed by atoms with Crippen LogP contribution >= 0.6 is 0 Å². The standard InChI is InChI=1S/C16H20N2O6/c1-10-14(20)18(11-6-4-5-7-12(11)24-10)8-13(19)17-16(2,9-23-3)15(21)22/h4-7,10H,8-9H2,1-3H3,(H,17,19)(H,21,22). The van der Waals surface area contributed by atoms with E-state index >= 15 is 0 Å². The Hall–Kier alpha value is -2.61. The predicted octanol–water partition coefficient (Wildman–Crippen LogP) is 0.406. The Bertz CT molecular complexity index is 662. The molecule has 0 radical (unpaired) electrons. The molecule has 0 aliphatic carbocycles. The molecule has 1 heterocycles. The number of nitrogens with zero attached hydrogens (tertiary/aromatic N) is 1. The highest BCUT2D eigenvalue weighted by Crippen LogP contribution is 2.33. The largest absolute Gasteiger partial charge is 0.479 e. The number of ether oxygens (including phenoxy) is 2. The molecular weight excluding hydrogens is 316 g/mol. The molecule has 0 saturated heterocycles. The Balaban J connectivity index is 2.19. The van der Waals surface area contributed by atoms with Crippen LogP contribution in [0.25, 0.3) is 0 Å². The van der Waals surface area contributed by atoms with Crippen molar-refractivity contribution in [1.29, 1.82) is 0 Å². The zero-order valence-corrected chi connectivity index (χ0v) is 13.7. The maximum atomic E-state index is 12.3. The number of para-hydroxylation sites is 2. The fraction of sp³-hybridized carbons (Fsp3) is 0.438. The summed E-state index contributed by atoms with van der Waals surface area (Å²) in [4.78, 5) is 37.3. The molecular formula is C16H20N2O6. The monoisotopic (exact) mass is 336 g/mol. The van der Waals surface area contributed by atoms with Gasteiger partial charge in [0.05, 0.1) is 12.3 Å². The van der Waals surface area contributed by atoms with Crippen LogP contribution in [0.3, 0.4) is 0 Å². The lowest BCUT2D eigenvalue weighted by atomic mass is 10.0. The molecule has 0 bridgehead atoms. The van der Waals surface area contributed by atoms with Gasteiger partial charge in [-0.15, -0.1) is 0 Å². The third-order valence-electron chi connectivity index (χ3n) is 3.70. The molecule has 8 nitrogen and oxygen atoms in total. The van der Waals surface area contributed by atoms with Gasteiger partial charge in [0.2, 0.25) is 5.91 Å². The van der Waals surface area contributed by atoms with Crippen LogP contribution < -0.4 is 15.0 Å². The summed E-state index contributed by atoms with van der Waals surface area (Å²) in [6, 6.07) is 6.86. The first-order chi connectivity index (χ1) is 11.3. The van der Waals surface area contributed by atoms with Crippen molar-refractivity contribution in [2.45, 2.75) is 25.5 Å². The molecule has 24 heavy (non-hydrogen) atoms. The first-order valence-electron chi connectivity index (χ1n) is 7.39. The second-order valence-corrected chi connectivity index (χ2v) is 5.77. The van der Waals surface area contributed by atoms with Crippen molar-refractivity contribution in [3.8, 4) is 5.75 Å². The minimum absolute atomic E-state index is 0.196. The molecule has 1 aliphatic heterocycles. The number of carboxylic acids is 1. The minimum Gasteiger partial charge on any atom is -0.479 e. The first-order valence-corrected chi connectivity index (χ1v) is 7.39. The Labute approximate surface area is 139 Å². The van der Waals surface area contributed by atoms with Gasteiger partial charge < -0.3 is 19.9 Å². The van der Waals surface area contributed by atoms with Crippen LogP contribution in [0, 0.1) is 0 Å². The molecule has 2 N–H and O–H groups in total. The maximum absolute atomic E-state index is 12.3. The number of rotatable bonds is 6. The van der Waals surface area contributed by atoms with E-state index in [4.69, 9.17) is 9.47 Å². The topological polar surface area (TPSA) is 105 Å². The summed E-state index contributed by atoms with van der Waals surface area (Å²) >= 11 is 0. The predicted molar refractivity (Wildman–Crippen MR) is 84.9 cm³/mol. The molecule has 2 unspecified atom stereocenters. The van der Waals surface area contributed by atoms with Gasteiger partial charge in [-0.05, 0) is 26.0 Å². The number of fused-ring (bicyclic) bond motifs is 1. The molecule has 0 spiro atoms. The van der Waals surface area contributed by atoms with Crippen molar-refractivity contribution in [3.63, 3.8) is 0 Å². The van der Waals surface area contributed by atoms with E-state index in [2.05, 4.69) is 5.32 Å². The molecule has 2 amide bonds. The molecule has 0 saturated carbocycles. The van der Waals surface area contributed by atoms with Gasteiger partial charge in [-0.1, -0.05) is 12.1 Å². The molecule has 130 valence electrons. The summed E-state index contributed by atoms with van der Waals surface area (Å²) < 4.78 is 10.4. The lowest BCUT2D eigenvalue weighted by Crippen LogP contribution is -2.58. The Morgan fingerprint density at radius 3 is 2.71 bits per heavy atom. The average Bonchev–Trinajstić information content (AvgIpc) is 2.51. The average molecular weight is 336 g/mol. The summed E-state index contributed by atoms with van der Waals surface area (Å²) in [6.45, 7) is 2.43. The van der Waals surface area contributed by atoms with Crippen molar-refractivity contribution < 1.29 is 29.0 Å². The number of hydrogen-bond donors (Lipinski definition) is 2. The zero-order valence-electron chi connectivity index (χ0n) is 13.7. The van der Waals surface area contributed by atoms with Crippen molar-refractivity contribution in [3.05, 3.63) is 24.3 Å². The van der Waals surface area contributed by atoms with E-state index in [-0.39, 0.29) is 19.1 Å². The summed E-state index contributed by atoms with van der Waals surface area (Å²) in [5.74, 6) is -1.70. The number of benzene rings is 1. The van der Waals surface area contributed by atoms with Crippen molar-refractivity contribution >= 4 is 23.5 Å². The van der Waals surface area contributed by atoms with Crippen LogP contribution in [0.2, 0.25) is 0 Å². The number of carbonyl (C=O) groups excluding carboxylic acids is 2. The molecule has 0 fully saturated rings. The summed E-state index contributed by atoms with van der Waals surface area (Å²) in [5.41, 5.74) is -1.11. The minimum atomic E-state index is -1.58. The van der Waals surface area contributed by atoms with E-state index in [0.29, 0.717) is 11.4 Å². The summed E-state index contributed by atoms with van der Waals surface area (Å²) in [5, 5.41) is 11.7. The third-order valence-corrected chi connectivity index (χ3v) is 3.70. The zero-order chi connectivity index (χ0) is 17.9. The van der Waals surface area contributed by atoms with Crippen LogP contribution in [-0.4, -0.2) is 54.8 Å². The fourth-order valence-corrected chi connectivity index (χ4v) is 2.45. The van der Waals surface area contributed by atoms with Crippen LogP contribution in [0.1, 0.15) is 13.8 Å². The van der Waals surface area contributed by atoms with Crippen LogP contribution in [-0.2, 0) is 19.1 Å². The quantitative estimate of drug-likeness (QED) is 0.779. The molecule has 2 rings (SSSR count). The molecule has 0 aromatic heterocycles. The van der Waals surface area contributed by atoms with Crippen molar-refractivity contribution in [2.75, 3.05) is 25.2 Å². The Morgan fingerprint density at radius 2 is 2.08 bits per heavy atom. The van der Waals surface area contributed by atoms with Gasteiger partial charge in [-0.2, -0.15) is 0 Å². The van der Waals surface area contributed by atoms with Crippen LogP contribution in [0.4, 0.5) is 5.69 Å². The fourth-order valence-electron chi connectivity index (χ4n) is 2.45. The summed E-state index contributed by atoms with van der Waals surface area (Å²) in [7, 11) is 1.34. The smallest absolute Gasteiger partial charge is 0.331 e. The highest BCUT2D eigenvalue weighted by molar-refractivity contribution is 6.04. The van der Waals surface area contributed by atoms with Crippen LogP contribution in [0.5, 0.6) is 5.75 Å². The molecule has 2 atom stereocenters. The molecule has 1 aromatic rings. The number of aliphatic carboxylic acids is 1. The lowest BCUT2D eigenvalue weighted by Gasteiger charge is -2.33. The van der Waals surface area contributed by atoms with Gasteiger partial charge in [0.15, 0.2) is 11.6 Å². The van der Waals surface area contributed by atoms with Gasteiger partial charge >= 0.3 is 5.97 Å². The Morgan fingerprint density at radius 1 is 1.42 bits per heavy atom. The van der Waals surface area contributed by atoms with Crippen molar-refractivity contribution in [1.82, 2.24) is 5.32 Å². The van der Waals surface area contributed by atoms with Gasteiger partial charge in [-0.3, -0.25) is 14.5 Å². The van der Waals surface area contributed by atoms with Crippen LogP contribution in [0.15, 0.2) is 24.3 Å². The van der Waals surface area contributed by atoms with Gasteiger partial charge in [-0.25, -0.2) is 4.79 Å². The van der Waals surface area contributed by atoms with Gasteiger partial charge in [0, 0.05) is 7.11 Å². The number of nitrogens with one attached hydrogen (secondary N) is 1. The molecule has 8 heteroatoms. The number of carboxylic acid groups (broad SMARTS) is 1. The normalized spacial score (nSPS) is 19.0. The maximum Gasteiger partial charge on any atom is 0.331 e. The lowest BCUT2D eigenvalue weighted by molar-refractivity contribution is -0.149. The van der Waals surface area contributed by atoms with E-state index in [9.17, 15) is 19.5 Å². The number of carbonyl (C=O) groups is 3. The second-order valence-electron chi connectivity index (χ2n) is 5.77. The van der Waals surface area contributed by atoms with E-state index < -0.39 is 23.5 Å². The third kappa shape index (κ3) is 3.48. The first kappa shape index (κ1) is 17.7. The van der Waals surface area contributed by atoms with E-state index in [1.165, 1.54) is 18.9 Å². The molecule has 1 aromatic carbocycles. The van der Waals surface area contributed by atoms with Gasteiger partial charge in [0.1, 0.15) is 12.3 Å². The SMILES string of the molecule is COCC(C)(NC(=O)CN1C(=O)C(C)Oc2ccccc21)C(=O)O. The van der Waals surface area contributed by atoms with Gasteiger partial charge in [0.25, 0.3) is 5.91 Å². The van der Waals surface area contributed by atoms with Crippen molar-refractivity contribution in [2.24, 2.45) is 0 Å². The van der Waals surface area contributed by atoms with E-state index in [1.54, 1.807) is 31.2 Å². The summed E-state index contributed by atoms with van der Waals surface area (Å²) in [6.07, 6.45) is -0.725. The highest BCUT2D eigenvalue weighted by atomic mass is 16.5. The molecule has 1 aliphatic rings. The second kappa shape index (κ2) is 6.88. The van der Waals surface area contributed by atoms with E-state index in [1.807, 2.05) is 0 Å². The van der Waals surface area contributed by atoms with E-state index in [0.717, 1.165) is 0 Å².